The Morgan fingerprint density at radius 1 is 1.10 bits per heavy atom. The molecule has 0 spiro atoms. The van der Waals surface area contributed by atoms with E-state index < -0.39 is 0 Å². The van der Waals surface area contributed by atoms with Gasteiger partial charge in [0.05, 0.1) is 18.0 Å². The van der Waals surface area contributed by atoms with Gasteiger partial charge >= 0.3 is 6.01 Å². The van der Waals surface area contributed by atoms with Crippen molar-refractivity contribution in [2.75, 3.05) is 37.7 Å². The van der Waals surface area contributed by atoms with Gasteiger partial charge in [-0.05, 0) is 55.2 Å². The van der Waals surface area contributed by atoms with Gasteiger partial charge in [-0.1, -0.05) is 70.7 Å². The van der Waals surface area contributed by atoms with Gasteiger partial charge in [0, 0.05) is 49.1 Å². The van der Waals surface area contributed by atoms with E-state index in [4.69, 9.17) is 14.7 Å². The number of allylic oxidation sites excluding steroid dienone is 1. The van der Waals surface area contributed by atoms with Gasteiger partial charge < -0.3 is 15.0 Å². The molecule has 2 aromatic rings. The zero-order valence-corrected chi connectivity index (χ0v) is 24.0. The van der Waals surface area contributed by atoms with Crippen molar-refractivity contribution in [3.63, 3.8) is 0 Å². The number of aromatic nitrogens is 2. The molecule has 0 unspecified atom stereocenters. The molecule has 3 heterocycles. The summed E-state index contributed by atoms with van der Waals surface area (Å²) in [4.78, 5) is 16.9. The maximum Gasteiger partial charge on any atom is 0.318 e. The molecule has 6 nitrogen and oxygen atoms in total. The third-order valence-corrected chi connectivity index (χ3v) is 8.68. The molecule has 2 aliphatic heterocycles. The van der Waals surface area contributed by atoms with Gasteiger partial charge in [0.15, 0.2) is 0 Å². The van der Waals surface area contributed by atoms with Crippen molar-refractivity contribution in [1.29, 1.82) is 0 Å². The van der Waals surface area contributed by atoms with Gasteiger partial charge in [-0.25, -0.2) is 0 Å². The summed E-state index contributed by atoms with van der Waals surface area (Å²) >= 11 is 0. The van der Waals surface area contributed by atoms with Crippen molar-refractivity contribution in [3.05, 3.63) is 58.8 Å². The number of nitrogens with one attached hydrogen (secondary N) is 1. The van der Waals surface area contributed by atoms with Gasteiger partial charge in [0.25, 0.3) is 0 Å². The summed E-state index contributed by atoms with van der Waals surface area (Å²) in [7, 11) is 0. The minimum absolute atomic E-state index is 0.544. The quantitative estimate of drug-likeness (QED) is 0.355. The number of aryl methyl sites for hydroxylation is 2. The molecule has 1 N–H and O–H groups in total. The molecule has 1 saturated heterocycles. The second-order valence-electron chi connectivity index (χ2n) is 11.4. The number of hydrogen-bond acceptors (Lipinski definition) is 6. The molecule has 2 fully saturated rings. The highest BCUT2D eigenvalue weighted by Gasteiger charge is 2.23. The van der Waals surface area contributed by atoms with Crippen LogP contribution in [0.2, 0.25) is 0 Å². The van der Waals surface area contributed by atoms with Crippen LogP contribution >= 0.6 is 0 Å². The second kappa shape index (κ2) is 12.9. The van der Waals surface area contributed by atoms with Crippen LogP contribution in [0, 0.1) is 12.8 Å². The molecule has 1 aromatic carbocycles. The molecule has 0 amide bonds. The molecule has 0 bridgehead atoms. The fraction of sp³-hybridized carbons (Fsp3) is 0.545. The van der Waals surface area contributed by atoms with Crippen molar-refractivity contribution < 1.29 is 4.74 Å². The number of anilines is 1. The van der Waals surface area contributed by atoms with Gasteiger partial charge in [0.2, 0.25) is 0 Å². The topological polar surface area (TPSA) is 62.6 Å². The van der Waals surface area contributed by atoms with E-state index >= 15 is 0 Å². The van der Waals surface area contributed by atoms with Crippen LogP contribution in [0.3, 0.4) is 0 Å². The molecule has 5 rings (SSSR count). The van der Waals surface area contributed by atoms with Crippen molar-refractivity contribution in [1.82, 2.24) is 15.3 Å². The van der Waals surface area contributed by atoms with Gasteiger partial charge in [-0.2, -0.15) is 9.97 Å². The van der Waals surface area contributed by atoms with E-state index in [9.17, 15) is 0 Å². The number of ether oxygens (including phenoxy) is 1. The average Bonchev–Trinajstić information content (AvgIpc) is 3.14. The lowest BCUT2D eigenvalue weighted by molar-refractivity contribution is 0.249. The van der Waals surface area contributed by atoms with Crippen LogP contribution in [0.4, 0.5) is 5.82 Å². The fourth-order valence-corrected chi connectivity index (χ4v) is 6.41. The summed E-state index contributed by atoms with van der Waals surface area (Å²) in [6, 6.07) is 4.83. The first kappa shape index (κ1) is 27.6. The van der Waals surface area contributed by atoms with Crippen molar-refractivity contribution in [2.45, 2.75) is 78.1 Å². The Morgan fingerprint density at radius 3 is 2.62 bits per heavy atom. The lowest BCUT2D eigenvalue weighted by Gasteiger charge is -2.31. The summed E-state index contributed by atoms with van der Waals surface area (Å²) in [5.41, 5.74) is 8.99. The van der Waals surface area contributed by atoms with Crippen LogP contribution in [-0.2, 0) is 12.8 Å². The van der Waals surface area contributed by atoms with Crippen molar-refractivity contribution in [3.8, 4) is 6.01 Å². The van der Waals surface area contributed by atoms with Crippen LogP contribution < -0.4 is 15.0 Å². The van der Waals surface area contributed by atoms with E-state index in [0.717, 1.165) is 91.7 Å². The Balaban J connectivity index is 1.35. The number of nitrogens with zero attached hydrogens (tertiary/aromatic N) is 4. The molecular formula is C33H45N5O. The largest absolute Gasteiger partial charge is 0.463 e. The molecule has 0 atom stereocenters. The standard InChI is InChI=1S/C33H45N5O/c1-5-30-28(15-13-24(3)31-23(2)12-14-27-25(4)35-22-29(27)31)32(38-19-17-34-18-20-38)37-33(36-30)39-21-16-26-10-8-6-7-9-11-26/h12,14,22,26,34H,3-11,13,15-21H2,1-2H3. The maximum atomic E-state index is 6.24. The highest BCUT2D eigenvalue weighted by molar-refractivity contribution is 6.01. The number of aliphatic imine (C=N–C) groups is 1. The average molecular weight is 528 g/mol. The molecule has 3 aliphatic rings. The smallest absolute Gasteiger partial charge is 0.318 e. The third-order valence-electron chi connectivity index (χ3n) is 8.68. The Morgan fingerprint density at radius 2 is 1.87 bits per heavy atom. The molecule has 208 valence electrons. The van der Waals surface area contributed by atoms with E-state index in [1.807, 2.05) is 6.21 Å². The molecule has 1 aromatic heterocycles. The SMILES string of the molecule is C=C1N=Cc2c1ccc(C)c2C(=C)CCc1c(CC)nc(OCCC2CCCCCC2)nc1N1CCNCC1. The van der Waals surface area contributed by atoms with E-state index in [2.05, 4.69) is 54.3 Å². The molecule has 1 saturated carbocycles. The van der Waals surface area contributed by atoms with Crippen LogP contribution in [-0.4, -0.2) is 49.0 Å². The molecular weight excluding hydrogens is 482 g/mol. The first-order valence-corrected chi connectivity index (χ1v) is 15.1. The number of hydrogen-bond donors (Lipinski definition) is 1. The molecule has 0 radical (unpaired) electrons. The second-order valence-corrected chi connectivity index (χ2v) is 11.4. The fourth-order valence-electron chi connectivity index (χ4n) is 6.41. The van der Waals surface area contributed by atoms with Gasteiger partial charge in [0.1, 0.15) is 5.82 Å². The number of benzene rings is 1. The highest BCUT2D eigenvalue weighted by atomic mass is 16.5. The van der Waals surface area contributed by atoms with Crippen molar-refractivity contribution >= 4 is 23.3 Å². The maximum absolute atomic E-state index is 6.24. The van der Waals surface area contributed by atoms with E-state index in [1.54, 1.807) is 0 Å². The number of rotatable bonds is 10. The predicted octanol–water partition coefficient (Wildman–Crippen LogP) is 6.55. The summed E-state index contributed by atoms with van der Waals surface area (Å²) in [6.45, 7) is 17.5. The Hall–Kier alpha value is -2.99. The summed E-state index contributed by atoms with van der Waals surface area (Å²) in [6.07, 6.45) is 13.8. The first-order valence-electron chi connectivity index (χ1n) is 15.1. The summed E-state index contributed by atoms with van der Waals surface area (Å²) < 4.78 is 6.24. The number of piperazine rings is 1. The predicted molar refractivity (Wildman–Crippen MR) is 163 cm³/mol. The summed E-state index contributed by atoms with van der Waals surface area (Å²) in [5.74, 6) is 1.83. The zero-order valence-electron chi connectivity index (χ0n) is 24.0. The van der Waals surface area contributed by atoms with Crippen LogP contribution in [0.25, 0.3) is 11.3 Å². The van der Waals surface area contributed by atoms with Crippen LogP contribution in [0.1, 0.15) is 91.8 Å². The van der Waals surface area contributed by atoms with Crippen LogP contribution in [0.15, 0.2) is 30.3 Å². The molecule has 39 heavy (non-hydrogen) atoms. The van der Waals surface area contributed by atoms with Crippen molar-refractivity contribution in [2.24, 2.45) is 10.9 Å². The lowest BCUT2D eigenvalue weighted by atomic mass is 9.89. The molecule has 1 aliphatic carbocycles. The minimum atomic E-state index is 0.544. The Kier molecular flexibility index (Phi) is 9.13. The van der Waals surface area contributed by atoms with Crippen LogP contribution in [0.5, 0.6) is 6.01 Å². The van der Waals surface area contributed by atoms with E-state index in [-0.39, 0.29) is 0 Å². The first-order chi connectivity index (χ1) is 19.0. The molecule has 6 heteroatoms. The minimum Gasteiger partial charge on any atom is -0.463 e. The zero-order chi connectivity index (χ0) is 27.2. The normalized spacial score (nSPS) is 17.8. The summed E-state index contributed by atoms with van der Waals surface area (Å²) in [5, 5.41) is 3.48. The van der Waals surface area contributed by atoms with Gasteiger partial charge in [-0.15, -0.1) is 0 Å². The highest BCUT2D eigenvalue weighted by Crippen LogP contribution is 2.35. The van der Waals surface area contributed by atoms with E-state index in [1.165, 1.54) is 55.2 Å². The third kappa shape index (κ3) is 6.43. The van der Waals surface area contributed by atoms with E-state index in [0.29, 0.717) is 12.6 Å². The monoisotopic (exact) mass is 527 g/mol. The van der Waals surface area contributed by atoms with Gasteiger partial charge in [-0.3, -0.25) is 4.99 Å². The Bertz CT molecular complexity index is 1220. The lowest BCUT2D eigenvalue weighted by Crippen LogP contribution is -2.44. The number of fused-ring (bicyclic) bond motifs is 1. The Labute approximate surface area is 234 Å².